The van der Waals surface area contributed by atoms with Crippen molar-refractivity contribution in [2.75, 3.05) is 0 Å². The van der Waals surface area contributed by atoms with Crippen LogP contribution >= 0.6 is 0 Å². The monoisotopic (exact) mass is 274 g/mol. The number of hydrogen-bond donors (Lipinski definition) is 3. The van der Waals surface area contributed by atoms with Crippen LogP contribution in [0.5, 0.6) is 0 Å². The second-order valence-corrected chi connectivity index (χ2v) is 1.20. The van der Waals surface area contributed by atoms with E-state index in [-0.39, 0.29) is 68.5 Å². The Hall–Kier alpha value is 0.0358. The number of carboxylic acids is 4. The van der Waals surface area contributed by atoms with Crippen LogP contribution in [0.15, 0.2) is 0 Å². The van der Waals surface area contributed by atoms with Gasteiger partial charge in [0.1, 0.15) is 0 Å². The Morgan fingerprint density at radius 2 is 0.929 bits per heavy atom. The third-order valence-corrected chi connectivity index (χ3v) is 0.358. The van der Waals surface area contributed by atoms with Gasteiger partial charge in [0.2, 0.25) is 0 Å². The summed E-state index contributed by atoms with van der Waals surface area (Å²) in [4.78, 5) is 36.2. The Balaban J connectivity index is -0.0000000625. The van der Waals surface area contributed by atoms with Crippen LogP contribution in [-0.2, 0) is 36.2 Å². The zero-order valence-electron chi connectivity index (χ0n) is 6.74. The van der Waals surface area contributed by atoms with E-state index in [0.29, 0.717) is 0 Å². The van der Waals surface area contributed by atoms with Crippen LogP contribution in [0.1, 0.15) is 0 Å². The topological polar surface area (TPSA) is 152 Å². The third-order valence-electron chi connectivity index (χ3n) is 0.358. The second-order valence-electron chi connectivity index (χ2n) is 1.20. The Kier molecular flexibility index (Phi) is 22.1. The molecule has 0 saturated heterocycles. The van der Waals surface area contributed by atoms with E-state index in [1.165, 1.54) is 0 Å². The van der Waals surface area contributed by atoms with Gasteiger partial charge in [-0.05, 0) is 0 Å². The van der Waals surface area contributed by atoms with Crippen LogP contribution in [0, 0.1) is 0 Å². The van der Waals surface area contributed by atoms with Gasteiger partial charge in [0.05, 0.1) is 0 Å². The van der Waals surface area contributed by atoms with Crippen molar-refractivity contribution in [1.82, 2.24) is 0 Å². The van der Waals surface area contributed by atoms with Gasteiger partial charge in [0, 0.05) is 17.1 Å². The molecule has 0 atom stereocenters. The molecule has 0 aromatic carbocycles. The number of hydrogen-bond acceptors (Lipinski definition) is 5. The van der Waals surface area contributed by atoms with Gasteiger partial charge < -0.3 is 25.2 Å². The zero-order valence-corrected chi connectivity index (χ0v) is 11.0. The number of carboxylic acid groups (broad SMARTS) is 4. The molecule has 8 nitrogen and oxygen atoms in total. The standard InChI is InChI=1S/2C2H2O4.Fe.K/c2*3-1(4)2(5)6;;/h2*(H,3,4)(H,5,6);;/q;;;+1/p-1. The predicted molar refractivity (Wildman–Crippen MR) is 27.9 cm³/mol. The van der Waals surface area contributed by atoms with Crippen LogP contribution in [0.25, 0.3) is 0 Å². The second kappa shape index (κ2) is 13.0. The molecule has 0 heterocycles. The molecule has 0 aromatic rings. The van der Waals surface area contributed by atoms with Crippen molar-refractivity contribution >= 4 is 23.9 Å². The summed E-state index contributed by atoms with van der Waals surface area (Å²) in [5.41, 5.74) is 0. The van der Waals surface area contributed by atoms with E-state index >= 15 is 0 Å². The van der Waals surface area contributed by atoms with E-state index in [2.05, 4.69) is 0 Å². The van der Waals surface area contributed by atoms with E-state index in [1.807, 2.05) is 0 Å². The van der Waals surface area contributed by atoms with Crippen molar-refractivity contribution in [3.63, 3.8) is 0 Å². The fourth-order valence-corrected chi connectivity index (χ4v) is 0. The van der Waals surface area contributed by atoms with Crippen LogP contribution in [-0.4, -0.2) is 39.2 Å². The molecule has 0 bridgehead atoms. The molecule has 0 aromatic heterocycles. The van der Waals surface area contributed by atoms with Crippen molar-refractivity contribution in [2.24, 2.45) is 0 Å². The maximum atomic E-state index is 9.10. The summed E-state index contributed by atoms with van der Waals surface area (Å²) in [6.45, 7) is 0. The van der Waals surface area contributed by atoms with Gasteiger partial charge in [-0.15, -0.1) is 0 Å². The molecular formula is C4H3FeKO8. The number of carbonyl (C=O) groups is 4. The third kappa shape index (κ3) is 22.7. The Labute approximate surface area is 130 Å². The average Bonchev–Trinajstić information content (AvgIpc) is 1.88. The summed E-state index contributed by atoms with van der Waals surface area (Å²) < 4.78 is 0. The molecule has 0 spiro atoms. The molecule has 0 aliphatic carbocycles. The molecule has 0 aliphatic rings. The normalized spacial score (nSPS) is 6.29. The molecule has 3 N–H and O–H groups in total. The van der Waals surface area contributed by atoms with E-state index in [0.717, 1.165) is 0 Å². The van der Waals surface area contributed by atoms with Gasteiger partial charge in [-0.2, -0.15) is 0 Å². The molecule has 14 heavy (non-hydrogen) atoms. The first kappa shape index (κ1) is 23.7. The largest absolute Gasteiger partial charge is 1.00 e. The predicted octanol–water partition coefficient (Wildman–Crippen LogP) is -6.02. The van der Waals surface area contributed by atoms with E-state index in [9.17, 15) is 0 Å². The van der Waals surface area contributed by atoms with Gasteiger partial charge in [0.15, 0.2) is 5.97 Å². The quantitative estimate of drug-likeness (QED) is 0.291. The Bertz CT molecular complexity index is 177. The molecule has 0 radical (unpaired) electrons. The first-order valence-electron chi connectivity index (χ1n) is 2.19. The van der Waals surface area contributed by atoms with Crippen LogP contribution in [0.4, 0.5) is 0 Å². The molecule has 0 saturated carbocycles. The van der Waals surface area contributed by atoms with Gasteiger partial charge in [-0.1, -0.05) is 0 Å². The van der Waals surface area contributed by atoms with Gasteiger partial charge in [-0.25, -0.2) is 14.4 Å². The summed E-state index contributed by atoms with van der Waals surface area (Å²) in [7, 11) is 0. The summed E-state index contributed by atoms with van der Waals surface area (Å²) in [5.74, 6) is -7.66. The van der Waals surface area contributed by atoms with Crippen molar-refractivity contribution in [1.29, 1.82) is 0 Å². The minimum atomic E-state index is -2.07. The van der Waals surface area contributed by atoms with Gasteiger partial charge in [-0.3, -0.25) is 0 Å². The van der Waals surface area contributed by atoms with Crippen molar-refractivity contribution in [2.45, 2.75) is 0 Å². The van der Waals surface area contributed by atoms with Gasteiger partial charge in [0.25, 0.3) is 0 Å². The van der Waals surface area contributed by atoms with Gasteiger partial charge >= 0.3 is 69.3 Å². The fraction of sp³-hybridized carbons (Fsp3) is 0. The Morgan fingerprint density at radius 3 is 0.929 bits per heavy atom. The summed E-state index contributed by atoms with van der Waals surface area (Å²) in [6, 6.07) is 0. The fourth-order valence-electron chi connectivity index (χ4n) is 0. The number of carbonyl (C=O) groups excluding carboxylic acids is 1. The summed E-state index contributed by atoms with van der Waals surface area (Å²) in [5, 5.41) is 31.1. The molecule has 0 rings (SSSR count). The maximum Gasteiger partial charge on any atom is 1.00 e. The molecule has 0 aliphatic heterocycles. The van der Waals surface area contributed by atoms with Crippen molar-refractivity contribution < 1.29 is 108 Å². The number of aliphatic carboxylic acids is 4. The molecule has 0 amide bonds. The average molecular weight is 274 g/mol. The van der Waals surface area contributed by atoms with E-state index < -0.39 is 23.9 Å². The van der Waals surface area contributed by atoms with Crippen molar-refractivity contribution in [3.05, 3.63) is 0 Å². The smallest absolute Gasteiger partial charge is 0.539 e. The van der Waals surface area contributed by atoms with Crippen molar-refractivity contribution in [3.8, 4) is 0 Å². The first-order chi connectivity index (χ1) is 5.29. The minimum Gasteiger partial charge on any atom is -0.539 e. The number of rotatable bonds is 0. The molecule has 10 heteroatoms. The van der Waals surface area contributed by atoms with Crippen LogP contribution < -0.4 is 56.5 Å². The SMILES string of the molecule is O=C(O)C(=O)O.O=C([O-])C(=O)O.[Fe].[K+]. The molecule has 0 unspecified atom stereocenters. The Morgan fingerprint density at radius 1 is 0.786 bits per heavy atom. The first-order valence-corrected chi connectivity index (χ1v) is 2.19. The summed E-state index contributed by atoms with van der Waals surface area (Å²) in [6.07, 6.45) is 0. The summed E-state index contributed by atoms with van der Waals surface area (Å²) >= 11 is 0. The minimum absolute atomic E-state index is 0. The van der Waals surface area contributed by atoms with E-state index in [1.54, 1.807) is 0 Å². The molecule has 76 valence electrons. The zero-order chi connectivity index (χ0) is 10.3. The van der Waals surface area contributed by atoms with Crippen LogP contribution in [0.2, 0.25) is 0 Å². The van der Waals surface area contributed by atoms with E-state index in [4.69, 9.17) is 39.6 Å². The molecular weight excluding hydrogens is 271 g/mol. The van der Waals surface area contributed by atoms with Crippen LogP contribution in [0.3, 0.4) is 0 Å². The molecule has 0 fully saturated rings. The maximum absolute atomic E-state index is 9.10.